The van der Waals surface area contributed by atoms with Gasteiger partial charge in [0.2, 0.25) is 0 Å². The molecular weight excluding hydrogens is 254 g/mol. The lowest BCUT2D eigenvalue weighted by Crippen LogP contribution is -2.18. The Morgan fingerprint density at radius 2 is 2.25 bits per heavy atom. The molecule has 5 heteroatoms. The fourth-order valence-corrected chi connectivity index (χ4v) is 2.04. The van der Waals surface area contributed by atoms with Gasteiger partial charge in [-0.3, -0.25) is 4.68 Å². The number of hydrogen-bond donors (Lipinski definition) is 2. The van der Waals surface area contributed by atoms with Crippen LogP contribution in [-0.4, -0.2) is 35.1 Å². The predicted octanol–water partition coefficient (Wildman–Crippen LogP) is 1.68. The van der Waals surface area contributed by atoms with E-state index in [1.54, 1.807) is 19.2 Å². The third kappa shape index (κ3) is 3.82. The lowest BCUT2D eigenvalue weighted by atomic mass is 10.2. The van der Waals surface area contributed by atoms with Gasteiger partial charge in [0, 0.05) is 31.5 Å². The average Bonchev–Trinajstić information content (AvgIpc) is 2.76. The van der Waals surface area contributed by atoms with Crippen LogP contribution < -0.4 is 5.32 Å². The molecule has 0 aliphatic carbocycles. The lowest BCUT2D eigenvalue weighted by molar-refractivity contribution is 0.199. The molecule has 0 saturated carbocycles. The molecule has 0 saturated heterocycles. The fourth-order valence-electron chi connectivity index (χ4n) is 2.04. The van der Waals surface area contributed by atoms with Crippen molar-refractivity contribution in [2.24, 2.45) is 0 Å². The minimum Gasteiger partial charge on any atom is -0.508 e. The molecule has 0 amide bonds. The van der Waals surface area contributed by atoms with Crippen molar-refractivity contribution >= 4 is 0 Å². The molecule has 0 aliphatic rings. The van der Waals surface area contributed by atoms with Gasteiger partial charge in [-0.25, -0.2) is 0 Å². The quantitative estimate of drug-likeness (QED) is 0.755. The Morgan fingerprint density at radius 1 is 1.40 bits per heavy atom. The maximum Gasteiger partial charge on any atom is 0.115 e. The molecule has 0 bridgehead atoms. The van der Waals surface area contributed by atoms with E-state index in [1.807, 2.05) is 23.0 Å². The minimum absolute atomic E-state index is 0.286. The first-order valence-electron chi connectivity index (χ1n) is 6.69. The number of aromatic nitrogens is 2. The van der Waals surface area contributed by atoms with Crippen molar-refractivity contribution in [3.05, 3.63) is 47.3 Å². The Hall–Kier alpha value is -1.85. The summed E-state index contributed by atoms with van der Waals surface area (Å²) in [5, 5.41) is 17.2. The standard InChI is InChI=1S/C15H21N3O2/c1-12-14(9-16-6-7-20-2)10-17-18(12)11-13-4-3-5-15(19)8-13/h3-5,8,10,16,19H,6-7,9,11H2,1-2H3. The Labute approximate surface area is 119 Å². The van der Waals surface area contributed by atoms with Gasteiger partial charge < -0.3 is 15.2 Å². The van der Waals surface area contributed by atoms with Gasteiger partial charge in [-0.15, -0.1) is 0 Å². The summed E-state index contributed by atoms with van der Waals surface area (Å²) in [6.07, 6.45) is 1.89. The number of benzene rings is 1. The third-order valence-electron chi connectivity index (χ3n) is 3.25. The number of nitrogens with zero attached hydrogens (tertiary/aromatic N) is 2. The van der Waals surface area contributed by atoms with E-state index in [0.717, 1.165) is 24.3 Å². The predicted molar refractivity (Wildman–Crippen MR) is 77.8 cm³/mol. The maximum atomic E-state index is 9.48. The van der Waals surface area contributed by atoms with Crippen LogP contribution in [0.5, 0.6) is 5.75 Å². The zero-order valence-electron chi connectivity index (χ0n) is 12.0. The zero-order valence-corrected chi connectivity index (χ0v) is 12.0. The summed E-state index contributed by atoms with van der Waals surface area (Å²) in [6.45, 7) is 5.04. The second-order valence-electron chi connectivity index (χ2n) is 4.75. The van der Waals surface area contributed by atoms with Crippen molar-refractivity contribution < 1.29 is 9.84 Å². The van der Waals surface area contributed by atoms with Crippen molar-refractivity contribution in [2.75, 3.05) is 20.3 Å². The number of ether oxygens (including phenoxy) is 1. The molecule has 108 valence electrons. The van der Waals surface area contributed by atoms with E-state index >= 15 is 0 Å². The van der Waals surface area contributed by atoms with E-state index in [0.29, 0.717) is 13.2 Å². The van der Waals surface area contributed by atoms with Gasteiger partial charge in [0.05, 0.1) is 19.3 Å². The number of methoxy groups -OCH3 is 1. The monoisotopic (exact) mass is 275 g/mol. The number of rotatable bonds is 7. The third-order valence-corrected chi connectivity index (χ3v) is 3.25. The van der Waals surface area contributed by atoms with Crippen LogP contribution in [0.25, 0.3) is 0 Å². The molecule has 5 nitrogen and oxygen atoms in total. The van der Waals surface area contributed by atoms with Crippen molar-refractivity contribution in [1.29, 1.82) is 0 Å². The van der Waals surface area contributed by atoms with Crippen LogP contribution in [0, 0.1) is 6.92 Å². The fraction of sp³-hybridized carbons (Fsp3) is 0.400. The van der Waals surface area contributed by atoms with E-state index in [2.05, 4.69) is 17.3 Å². The number of phenols is 1. The highest BCUT2D eigenvalue weighted by Crippen LogP contribution is 2.14. The Morgan fingerprint density at radius 3 is 3.00 bits per heavy atom. The van der Waals surface area contributed by atoms with Crippen LogP contribution >= 0.6 is 0 Å². The first kappa shape index (κ1) is 14.6. The molecule has 0 fully saturated rings. The number of nitrogens with one attached hydrogen (secondary N) is 1. The van der Waals surface area contributed by atoms with Gasteiger partial charge in [0.1, 0.15) is 5.75 Å². The largest absolute Gasteiger partial charge is 0.508 e. The Kier molecular flexibility index (Phi) is 5.15. The number of hydrogen-bond acceptors (Lipinski definition) is 4. The number of phenolic OH excluding ortho intramolecular Hbond substituents is 1. The van der Waals surface area contributed by atoms with Gasteiger partial charge in [0.15, 0.2) is 0 Å². The van der Waals surface area contributed by atoms with Gasteiger partial charge in [-0.05, 0) is 24.6 Å². The first-order chi connectivity index (χ1) is 9.70. The van der Waals surface area contributed by atoms with Gasteiger partial charge in [-0.1, -0.05) is 12.1 Å². The van der Waals surface area contributed by atoms with Crippen LogP contribution in [0.15, 0.2) is 30.5 Å². The molecule has 0 spiro atoms. The second kappa shape index (κ2) is 7.07. The van der Waals surface area contributed by atoms with Crippen LogP contribution in [-0.2, 0) is 17.8 Å². The molecule has 1 aromatic heterocycles. The molecular formula is C15H21N3O2. The van der Waals surface area contributed by atoms with Gasteiger partial charge in [0.25, 0.3) is 0 Å². The Balaban J connectivity index is 1.98. The van der Waals surface area contributed by atoms with Crippen molar-refractivity contribution in [1.82, 2.24) is 15.1 Å². The highest BCUT2D eigenvalue weighted by atomic mass is 16.5. The van der Waals surface area contributed by atoms with E-state index in [-0.39, 0.29) is 5.75 Å². The van der Waals surface area contributed by atoms with E-state index < -0.39 is 0 Å². The van der Waals surface area contributed by atoms with E-state index in [1.165, 1.54) is 5.56 Å². The molecule has 2 rings (SSSR count). The van der Waals surface area contributed by atoms with Crippen LogP contribution in [0.3, 0.4) is 0 Å². The molecule has 1 heterocycles. The molecule has 0 unspecified atom stereocenters. The summed E-state index contributed by atoms with van der Waals surface area (Å²) in [6, 6.07) is 7.26. The summed E-state index contributed by atoms with van der Waals surface area (Å²) in [5.41, 5.74) is 3.36. The minimum atomic E-state index is 0.286. The van der Waals surface area contributed by atoms with Crippen molar-refractivity contribution in [3.63, 3.8) is 0 Å². The molecule has 1 aromatic carbocycles. The lowest BCUT2D eigenvalue weighted by Gasteiger charge is -2.07. The smallest absolute Gasteiger partial charge is 0.115 e. The van der Waals surface area contributed by atoms with Gasteiger partial charge >= 0.3 is 0 Å². The van der Waals surface area contributed by atoms with Crippen molar-refractivity contribution in [2.45, 2.75) is 20.0 Å². The highest BCUT2D eigenvalue weighted by molar-refractivity contribution is 5.28. The Bertz CT molecular complexity index is 552. The maximum absolute atomic E-state index is 9.48. The molecule has 2 aromatic rings. The van der Waals surface area contributed by atoms with E-state index in [9.17, 15) is 5.11 Å². The summed E-state index contributed by atoms with van der Waals surface area (Å²) in [5.74, 6) is 0.286. The number of aromatic hydroxyl groups is 1. The molecule has 20 heavy (non-hydrogen) atoms. The SMILES string of the molecule is COCCNCc1cnn(Cc2cccc(O)c2)c1C. The summed E-state index contributed by atoms with van der Waals surface area (Å²) in [7, 11) is 1.69. The molecule has 2 N–H and O–H groups in total. The van der Waals surface area contributed by atoms with E-state index in [4.69, 9.17) is 4.74 Å². The van der Waals surface area contributed by atoms with Gasteiger partial charge in [-0.2, -0.15) is 5.10 Å². The van der Waals surface area contributed by atoms with Crippen LogP contribution in [0.4, 0.5) is 0 Å². The van der Waals surface area contributed by atoms with Crippen LogP contribution in [0.1, 0.15) is 16.8 Å². The summed E-state index contributed by atoms with van der Waals surface area (Å²) in [4.78, 5) is 0. The molecule has 0 aliphatic heterocycles. The molecule has 0 radical (unpaired) electrons. The summed E-state index contributed by atoms with van der Waals surface area (Å²) >= 11 is 0. The topological polar surface area (TPSA) is 59.3 Å². The summed E-state index contributed by atoms with van der Waals surface area (Å²) < 4.78 is 6.94. The highest BCUT2D eigenvalue weighted by Gasteiger charge is 2.06. The zero-order chi connectivity index (χ0) is 14.4. The second-order valence-corrected chi connectivity index (χ2v) is 4.75. The van der Waals surface area contributed by atoms with Crippen molar-refractivity contribution in [3.8, 4) is 5.75 Å². The average molecular weight is 275 g/mol. The normalized spacial score (nSPS) is 10.9. The first-order valence-corrected chi connectivity index (χ1v) is 6.69. The van der Waals surface area contributed by atoms with Crippen LogP contribution in [0.2, 0.25) is 0 Å². The molecule has 0 atom stereocenters.